The summed E-state index contributed by atoms with van der Waals surface area (Å²) >= 11 is 0. The van der Waals surface area contributed by atoms with Crippen LogP contribution < -0.4 is 0 Å². The van der Waals surface area contributed by atoms with Gasteiger partial charge in [0.15, 0.2) is 0 Å². The van der Waals surface area contributed by atoms with Gasteiger partial charge in [0, 0.05) is 42.8 Å². The summed E-state index contributed by atoms with van der Waals surface area (Å²) in [6, 6.07) is 6.23. The summed E-state index contributed by atoms with van der Waals surface area (Å²) in [7, 11) is 2.10. The molecule has 4 heteroatoms. The van der Waals surface area contributed by atoms with Gasteiger partial charge in [0.2, 0.25) is 0 Å². The molecule has 0 spiro atoms. The Morgan fingerprint density at radius 2 is 1.85 bits per heavy atom. The van der Waals surface area contributed by atoms with Crippen LogP contribution in [-0.2, 0) is 0 Å². The number of piperazine rings is 1. The van der Waals surface area contributed by atoms with Crippen molar-refractivity contribution in [3.05, 3.63) is 35.0 Å². The predicted molar refractivity (Wildman–Crippen MR) is 81.2 cm³/mol. The number of aromatic nitrogens is 1. The molecule has 1 saturated heterocycles. The van der Waals surface area contributed by atoms with Crippen molar-refractivity contribution in [3.8, 4) is 0 Å². The molecular formula is C16H21N3O. The molecule has 0 bridgehead atoms. The first-order valence-electron chi connectivity index (χ1n) is 7.13. The highest BCUT2D eigenvalue weighted by Crippen LogP contribution is 2.25. The van der Waals surface area contributed by atoms with Crippen LogP contribution in [-0.4, -0.2) is 53.9 Å². The van der Waals surface area contributed by atoms with Crippen LogP contribution in [0.3, 0.4) is 0 Å². The van der Waals surface area contributed by atoms with Crippen molar-refractivity contribution < 1.29 is 4.79 Å². The lowest BCUT2D eigenvalue weighted by Gasteiger charge is -2.32. The average molecular weight is 271 g/mol. The Morgan fingerprint density at radius 3 is 2.55 bits per heavy atom. The Balaban J connectivity index is 1.98. The van der Waals surface area contributed by atoms with E-state index in [9.17, 15) is 4.79 Å². The first-order valence-corrected chi connectivity index (χ1v) is 7.13. The third-order valence-electron chi connectivity index (χ3n) is 4.15. The number of nitrogens with zero attached hydrogens (tertiary/aromatic N) is 2. The molecule has 3 rings (SSSR count). The molecule has 1 aromatic heterocycles. The molecule has 4 nitrogen and oxygen atoms in total. The number of amides is 1. The monoisotopic (exact) mass is 271 g/mol. The molecule has 20 heavy (non-hydrogen) atoms. The van der Waals surface area contributed by atoms with Gasteiger partial charge in [0.1, 0.15) is 0 Å². The van der Waals surface area contributed by atoms with Crippen molar-refractivity contribution in [2.24, 2.45) is 0 Å². The minimum absolute atomic E-state index is 0.160. The van der Waals surface area contributed by atoms with Crippen molar-refractivity contribution in [2.75, 3.05) is 33.2 Å². The molecule has 1 aromatic carbocycles. The number of rotatable bonds is 1. The van der Waals surface area contributed by atoms with Gasteiger partial charge >= 0.3 is 0 Å². The summed E-state index contributed by atoms with van der Waals surface area (Å²) in [5.41, 5.74) is 4.04. The minimum atomic E-state index is 0.160. The maximum atomic E-state index is 12.8. The number of hydrogen-bond acceptors (Lipinski definition) is 2. The summed E-state index contributed by atoms with van der Waals surface area (Å²) < 4.78 is 0. The topological polar surface area (TPSA) is 39.3 Å². The number of carbonyl (C=O) groups is 1. The molecular weight excluding hydrogens is 250 g/mol. The van der Waals surface area contributed by atoms with Crippen LogP contribution >= 0.6 is 0 Å². The van der Waals surface area contributed by atoms with Gasteiger partial charge in [-0.1, -0.05) is 11.6 Å². The average Bonchev–Trinajstić information content (AvgIpc) is 2.74. The fourth-order valence-electron chi connectivity index (χ4n) is 2.88. The molecule has 1 fully saturated rings. The van der Waals surface area contributed by atoms with Gasteiger partial charge in [-0.05, 0) is 33.0 Å². The Bertz CT molecular complexity index is 651. The minimum Gasteiger partial charge on any atom is -0.358 e. The summed E-state index contributed by atoms with van der Waals surface area (Å²) in [4.78, 5) is 20.4. The third-order valence-corrected chi connectivity index (χ3v) is 4.15. The number of aromatic amines is 1. The molecule has 1 amide bonds. The zero-order valence-corrected chi connectivity index (χ0v) is 12.4. The van der Waals surface area contributed by atoms with Gasteiger partial charge < -0.3 is 14.8 Å². The van der Waals surface area contributed by atoms with Crippen LogP contribution in [0.1, 0.15) is 21.6 Å². The molecule has 1 aliphatic rings. The van der Waals surface area contributed by atoms with Crippen molar-refractivity contribution in [1.82, 2.24) is 14.8 Å². The fraction of sp³-hybridized carbons (Fsp3) is 0.438. The lowest BCUT2D eigenvalue weighted by Crippen LogP contribution is -2.47. The lowest BCUT2D eigenvalue weighted by molar-refractivity contribution is 0.0665. The number of aryl methyl sites for hydroxylation is 2. The van der Waals surface area contributed by atoms with Gasteiger partial charge in [-0.25, -0.2) is 0 Å². The number of H-pyrrole nitrogens is 1. The molecule has 1 aliphatic heterocycles. The van der Waals surface area contributed by atoms with Gasteiger partial charge in [-0.15, -0.1) is 0 Å². The predicted octanol–water partition coefficient (Wildman–Crippen LogP) is 2.17. The van der Waals surface area contributed by atoms with Crippen LogP contribution in [0.25, 0.3) is 10.9 Å². The van der Waals surface area contributed by atoms with E-state index in [-0.39, 0.29) is 5.91 Å². The van der Waals surface area contributed by atoms with Crippen LogP contribution in [0.5, 0.6) is 0 Å². The quantitative estimate of drug-likeness (QED) is 0.863. The van der Waals surface area contributed by atoms with E-state index in [0.29, 0.717) is 0 Å². The Morgan fingerprint density at radius 1 is 1.15 bits per heavy atom. The van der Waals surface area contributed by atoms with E-state index in [0.717, 1.165) is 48.3 Å². The zero-order valence-electron chi connectivity index (χ0n) is 12.4. The number of carbonyl (C=O) groups excluding carboxylic acids is 1. The number of hydrogen-bond donors (Lipinski definition) is 1. The molecule has 0 unspecified atom stereocenters. The van der Waals surface area contributed by atoms with Crippen LogP contribution in [0.15, 0.2) is 18.2 Å². The van der Waals surface area contributed by atoms with Crippen molar-refractivity contribution in [2.45, 2.75) is 13.8 Å². The number of nitrogens with one attached hydrogen (secondary N) is 1. The Labute approximate surface area is 119 Å². The molecule has 0 radical (unpaired) electrons. The van der Waals surface area contributed by atoms with E-state index >= 15 is 0 Å². The Hall–Kier alpha value is -1.81. The van der Waals surface area contributed by atoms with E-state index in [1.165, 1.54) is 5.56 Å². The van der Waals surface area contributed by atoms with E-state index < -0.39 is 0 Å². The highest BCUT2D eigenvalue weighted by molar-refractivity contribution is 6.08. The smallest absolute Gasteiger partial charge is 0.256 e. The second-order valence-corrected chi connectivity index (χ2v) is 5.77. The van der Waals surface area contributed by atoms with Crippen LogP contribution in [0, 0.1) is 13.8 Å². The first-order chi connectivity index (χ1) is 9.56. The van der Waals surface area contributed by atoms with Gasteiger partial charge in [0.25, 0.3) is 5.91 Å². The number of fused-ring (bicyclic) bond motifs is 1. The maximum absolute atomic E-state index is 12.8. The summed E-state index contributed by atoms with van der Waals surface area (Å²) in [5, 5.41) is 1.05. The molecule has 0 saturated carbocycles. The van der Waals surface area contributed by atoms with Crippen LogP contribution in [0.2, 0.25) is 0 Å². The highest BCUT2D eigenvalue weighted by atomic mass is 16.2. The molecule has 0 atom stereocenters. The number of benzene rings is 1. The standard InChI is InChI=1S/C16H21N3O/c1-11-4-5-14-13(10-11)15(12(2)17-14)16(20)19-8-6-18(3)7-9-19/h4-5,10,17H,6-9H2,1-3H3. The second kappa shape index (κ2) is 4.94. The molecule has 0 aliphatic carbocycles. The maximum Gasteiger partial charge on any atom is 0.256 e. The van der Waals surface area contributed by atoms with E-state index in [1.54, 1.807) is 0 Å². The van der Waals surface area contributed by atoms with Crippen molar-refractivity contribution in [1.29, 1.82) is 0 Å². The van der Waals surface area contributed by atoms with Crippen molar-refractivity contribution >= 4 is 16.8 Å². The number of likely N-dealkylation sites (N-methyl/N-ethyl adjacent to an activating group) is 1. The molecule has 2 aromatic rings. The van der Waals surface area contributed by atoms with Gasteiger partial charge in [-0.3, -0.25) is 4.79 Å². The summed E-state index contributed by atoms with van der Waals surface area (Å²) in [6.07, 6.45) is 0. The van der Waals surface area contributed by atoms with Gasteiger partial charge in [-0.2, -0.15) is 0 Å². The summed E-state index contributed by atoms with van der Waals surface area (Å²) in [5.74, 6) is 0.160. The van der Waals surface area contributed by atoms with Crippen LogP contribution in [0.4, 0.5) is 0 Å². The molecule has 1 N–H and O–H groups in total. The second-order valence-electron chi connectivity index (χ2n) is 5.77. The SMILES string of the molecule is Cc1ccc2[nH]c(C)c(C(=O)N3CCN(C)CC3)c2c1. The summed E-state index contributed by atoms with van der Waals surface area (Å²) in [6.45, 7) is 7.57. The largest absolute Gasteiger partial charge is 0.358 e. The first kappa shape index (κ1) is 13.2. The van der Waals surface area contributed by atoms with E-state index in [1.807, 2.05) is 11.8 Å². The highest BCUT2D eigenvalue weighted by Gasteiger charge is 2.24. The molecule has 2 heterocycles. The Kier molecular flexibility index (Phi) is 3.26. The normalized spacial score (nSPS) is 16.9. The fourth-order valence-corrected chi connectivity index (χ4v) is 2.88. The lowest BCUT2D eigenvalue weighted by atomic mass is 10.1. The van der Waals surface area contributed by atoms with E-state index in [2.05, 4.69) is 42.1 Å². The zero-order chi connectivity index (χ0) is 14.3. The molecule has 106 valence electrons. The van der Waals surface area contributed by atoms with E-state index in [4.69, 9.17) is 0 Å². The van der Waals surface area contributed by atoms with Gasteiger partial charge in [0.05, 0.1) is 5.56 Å². The third kappa shape index (κ3) is 2.20. The van der Waals surface area contributed by atoms with Crippen molar-refractivity contribution in [3.63, 3.8) is 0 Å².